The first-order chi connectivity index (χ1) is 30.9. The van der Waals surface area contributed by atoms with E-state index in [1.807, 2.05) is 36.4 Å². The Morgan fingerprint density at radius 1 is 0.485 bits per heavy atom. The number of aromatic hydroxyl groups is 1. The lowest BCUT2D eigenvalue weighted by atomic mass is 9.79. The van der Waals surface area contributed by atoms with Crippen LogP contribution in [-0.2, 0) is 65.4 Å². The lowest BCUT2D eigenvalue weighted by Gasteiger charge is -2.29. The first-order valence-electron chi connectivity index (χ1n) is 23.2. The molecule has 0 atom stereocenters. The smallest absolute Gasteiger partial charge is 0.255 e. The van der Waals surface area contributed by atoms with Gasteiger partial charge in [-0.3, -0.25) is 14.8 Å². The molecule has 2 heterocycles. The predicted octanol–water partition coefficient (Wildman–Crippen LogP) is 12.1. The highest BCUT2D eigenvalue weighted by Gasteiger charge is 2.29. The van der Waals surface area contributed by atoms with Crippen molar-refractivity contribution in [1.82, 2.24) is 9.97 Å². The van der Waals surface area contributed by atoms with Crippen LogP contribution in [-0.4, -0.2) is 27.6 Å². The molecule has 0 radical (unpaired) electrons. The highest BCUT2D eigenvalue weighted by Crippen LogP contribution is 2.44. The molecule has 4 aromatic carbocycles. The number of carbonyl (C=O) groups excluding carboxylic acids is 1. The molecule has 7 rings (SSSR count). The molecule has 346 valence electrons. The van der Waals surface area contributed by atoms with Crippen LogP contribution in [0.1, 0.15) is 161 Å². The van der Waals surface area contributed by atoms with E-state index in [0.29, 0.717) is 31.4 Å². The van der Waals surface area contributed by atoms with E-state index in [-0.39, 0.29) is 47.2 Å². The monoisotopic (exact) mass is 888 g/mol. The first-order valence-corrected chi connectivity index (χ1v) is 23.2. The third-order valence-electron chi connectivity index (χ3n) is 12.5. The van der Waals surface area contributed by atoms with Crippen LogP contribution in [0.15, 0.2) is 97.3 Å². The van der Waals surface area contributed by atoms with Crippen LogP contribution in [0.25, 0.3) is 0 Å². The van der Waals surface area contributed by atoms with E-state index < -0.39 is 5.91 Å². The third kappa shape index (κ3) is 11.3. The molecule has 0 unspecified atom stereocenters. The van der Waals surface area contributed by atoms with Gasteiger partial charge in [-0.2, -0.15) is 0 Å². The molecule has 0 aliphatic heterocycles. The van der Waals surface area contributed by atoms with Crippen molar-refractivity contribution in [3.05, 3.63) is 175 Å². The van der Waals surface area contributed by atoms with E-state index in [2.05, 4.69) is 142 Å². The van der Waals surface area contributed by atoms with Gasteiger partial charge in [-0.15, -0.1) is 0 Å². The van der Waals surface area contributed by atoms with Gasteiger partial charge in [0.2, 0.25) is 0 Å². The van der Waals surface area contributed by atoms with Crippen LogP contribution in [0, 0.1) is 0 Å². The van der Waals surface area contributed by atoms with Crippen molar-refractivity contribution in [2.24, 2.45) is 5.73 Å². The molecule has 66 heavy (non-hydrogen) atoms. The number of ether oxygens (including phenoxy) is 3. The van der Waals surface area contributed by atoms with E-state index in [9.17, 15) is 9.90 Å². The number of amides is 1. The van der Waals surface area contributed by atoms with E-state index in [0.717, 1.165) is 89.6 Å². The minimum absolute atomic E-state index is 0.212. The van der Waals surface area contributed by atoms with Crippen molar-refractivity contribution >= 4 is 5.91 Å². The molecule has 1 aliphatic carbocycles. The van der Waals surface area contributed by atoms with Crippen LogP contribution in [0.4, 0.5) is 0 Å². The molecule has 2 aromatic heterocycles. The molecule has 0 fully saturated rings. The largest absolute Gasteiger partial charge is 0.507 e. The van der Waals surface area contributed by atoms with Crippen LogP contribution in [0.2, 0.25) is 0 Å². The van der Waals surface area contributed by atoms with Gasteiger partial charge in [0.1, 0.15) is 36.2 Å². The number of phenols is 1. The third-order valence-corrected chi connectivity index (χ3v) is 12.5. The Morgan fingerprint density at radius 3 is 1.05 bits per heavy atom. The molecule has 0 saturated carbocycles. The predicted molar refractivity (Wildman–Crippen MR) is 265 cm³/mol. The number of pyridine rings is 2. The fourth-order valence-electron chi connectivity index (χ4n) is 8.59. The fourth-order valence-corrected chi connectivity index (χ4v) is 8.59. The Hall–Kier alpha value is -6.15. The summed E-state index contributed by atoms with van der Waals surface area (Å²) >= 11 is 0. The van der Waals surface area contributed by atoms with Crippen LogP contribution in [0.5, 0.6) is 23.0 Å². The molecule has 8 nitrogen and oxygen atoms in total. The lowest BCUT2D eigenvalue weighted by molar-refractivity contribution is -0.119. The second-order valence-electron chi connectivity index (χ2n) is 22.2. The number of aromatic nitrogens is 2. The van der Waals surface area contributed by atoms with Crippen LogP contribution < -0.4 is 19.9 Å². The summed E-state index contributed by atoms with van der Waals surface area (Å²) < 4.78 is 20.6. The van der Waals surface area contributed by atoms with Crippen molar-refractivity contribution in [3.8, 4) is 23.0 Å². The number of benzene rings is 4. The van der Waals surface area contributed by atoms with Gasteiger partial charge in [0.15, 0.2) is 6.61 Å². The number of hydrogen-bond acceptors (Lipinski definition) is 7. The Labute approximate surface area is 393 Å². The number of carbonyl (C=O) groups is 1. The van der Waals surface area contributed by atoms with Crippen molar-refractivity contribution in [2.75, 3.05) is 6.61 Å². The summed E-state index contributed by atoms with van der Waals surface area (Å²) in [5, 5.41) is 12.6. The standard InChI is InChI=1S/C58H69N3O5/c1-55(2,3)44-25-36-21-38-27-45(56(4,5)6)29-40(52(38)64-33-48-17-13-15-19-60-48)23-41-30-47(58(10,11)12)31-42(53(41)65-34-49-18-14-16-20-61-49)24-43-32-46(57(7,8)9)28-39(22-37(26-44)51(36)63)54(43)66-35-50(59)62/h13-20,25-32,63H,21-24,33-35H2,1-12H3,(H2,59,62). The van der Waals surface area contributed by atoms with Gasteiger partial charge in [-0.25, -0.2) is 0 Å². The number of phenolic OH excluding ortho intramolecular Hbond substituents is 1. The van der Waals surface area contributed by atoms with E-state index in [4.69, 9.17) is 19.9 Å². The summed E-state index contributed by atoms with van der Waals surface area (Å²) in [4.78, 5) is 21.8. The Bertz CT molecular complexity index is 2710. The maximum atomic E-state index is 12.6. The minimum Gasteiger partial charge on any atom is -0.507 e. The Morgan fingerprint density at radius 2 is 0.773 bits per heavy atom. The van der Waals surface area contributed by atoms with Gasteiger partial charge < -0.3 is 25.1 Å². The van der Waals surface area contributed by atoms with Gasteiger partial charge in [0.05, 0.1) is 11.4 Å². The Balaban J connectivity index is 1.60. The number of nitrogens with two attached hydrogens (primary N) is 1. The number of hydrogen-bond donors (Lipinski definition) is 2. The molecule has 1 aliphatic rings. The van der Waals surface area contributed by atoms with E-state index in [1.165, 1.54) is 0 Å². The SMILES string of the molecule is CC(C)(C)c1cc2c(O)c(c1)Cc1cc(C(C)(C)C)cc(c1OCc1ccccn1)Cc1cc(C(C)(C)C)cc(c1OCc1ccccn1)Cc1cc(C(C)(C)C)cc(c1OCC(N)=O)C2. The second-order valence-corrected chi connectivity index (χ2v) is 22.2. The summed E-state index contributed by atoms with van der Waals surface area (Å²) in [5.74, 6) is 1.77. The molecule has 1 amide bonds. The average molecular weight is 888 g/mol. The van der Waals surface area contributed by atoms with Crippen LogP contribution in [0.3, 0.4) is 0 Å². The van der Waals surface area contributed by atoms with Gasteiger partial charge in [0, 0.05) is 38.1 Å². The number of rotatable bonds is 9. The Kier molecular flexibility index (Phi) is 13.5. The summed E-state index contributed by atoms with van der Waals surface area (Å²) in [7, 11) is 0. The average Bonchev–Trinajstić information content (AvgIpc) is 3.22. The van der Waals surface area contributed by atoms with Gasteiger partial charge >= 0.3 is 0 Å². The zero-order chi connectivity index (χ0) is 47.8. The second kappa shape index (κ2) is 18.6. The van der Waals surface area contributed by atoms with Gasteiger partial charge in [-0.1, -0.05) is 144 Å². The van der Waals surface area contributed by atoms with Gasteiger partial charge in [0.25, 0.3) is 5.91 Å². The molecule has 0 spiro atoms. The van der Waals surface area contributed by atoms with Crippen molar-refractivity contribution < 1.29 is 24.1 Å². The van der Waals surface area contributed by atoms with Crippen molar-refractivity contribution in [1.29, 1.82) is 0 Å². The van der Waals surface area contributed by atoms with Crippen molar-refractivity contribution in [2.45, 2.75) is 144 Å². The molecule has 8 heteroatoms. The van der Waals surface area contributed by atoms with Crippen LogP contribution >= 0.6 is 0 Å². The quantitative estimate of drug-likeness (QED) is 0.148. The molecule has 3 N–H and O–H groups in total. The number of primary amides is 1. The minimum atomic E-state index is -0.568. The highest BCUT2D eigenvalue weighted by atomic mass is 16.5. The van der Waals surface area contributed by atoms with E-state index >= 15 is 0 Å². The summed E-state index contributed by atoms with van der Waals surface area (Å²) in [6, 6.07) is 29.5. The molecule has 6 aromatic rings. The maximum absolute atomic E-state index is 12.6. The molecule has 0 saturated heterocycles. The number of fused-ring (bicyclic) bond motifs is 8. The van der Waals surface area contributed by atoms with Gasteiger partial charge in [-0.05, 0) is 113 Å². The lowest BCUT2D eigenvalue weighted by Crippen LogP contribution is -2.22. The zero-order valence-corrected chi connectivity index (χ0v) is 41.2. The van der Waals surface area contributed by atoms with E-state index in [1.54, 1.807) is 12.4 Å². The topological polar surface area (TPSA) is 117 Å². The molecular weight excluding hydrogens is 819 g/mol. The zero-order valence-electron chi connectivity index (χ0n) is 41.2. The normalized spacial score (nSPS) is 13.3. The fraction of sp³-hybridized carbons (Fsp3) is 0.397. The summed E-state index contributed by atoms with van der Waals surface area (Å²) in [5.41, 5.74) is 18.3. The van der Waals surface area contributed by atoms with Crippen molar-refractivity contribution in [3.63, 3.8) is 0 Å². The molecular formula is C58H69N3O5. The number of nitrogens with zero attached hydrogens (tertiary/aromatic N) is 2. The summed E-state index contributed by atoms with van der Waals surface area (Å²) in [6.45, 7) is 26.9. The summed E-state index contributed by atoms with van der Waals surface area (Å²) in [6.07, 6.45) is 5.25. The highest BCUT2D eigenvalue weighted by molar-refractivity contribution is 5.75. The molecule has 8 bridgehead atoms. The first kappa shape index (κ1) is 47.8. The maximum Gasteiger partial charge on any atom is 0.255 e.